The summed E-state index contributed by atoms with van der Waals surface area (Å²) in [4.78, 5) is 0. The second kappa shape index (κ2) is 5.28. The molecular formula is C12H24N2O. The van der Waals surface area contributed by atoms with E-state index in [0.29, 0.717) is 12.6 Å². The van der Waals surface area contributed by atoms with Crippen molar-refractivity contribution in [3.63, 3.8) is 0 Å². The van der Waals surface area contributed by atoms with Gasteiger partial charge in [0.25, 0.3) is 0 Å². The summed E-state index contributed by atoms with van der Waals surface area (Å²) in [7, 11) is 0. The number of hydrogen-bond donors (Lipinski definition) is 3. The van der Waals surface area contributed by atoms with Crippen molar-refractivity contribution in [3.05, 3.63) is 0 Å². The van der Waals surface area contributed by atoms with E-state index < -0.39 is 0 Å². The molecule has 1 aliphatic heterocycles. The highest BCUT2D eigenvalue weighted by molar-refractivity contribution is 4.93. The highest BCUT2D eigenvalue weighted by Crippen LogP contribution is 2.29. The number of hydrogen-bond acceptors (Lipinski definition) is 3. The van der Waals surface area contributed by atoms with Gasteiger partial charge in [0.15, 0.2) is 0 Å². The number of aliphatic hydroxyl groups excluding tert-OH is 1. The monoisotopic (exact) mass is 212 g/mol. The summed E-state index contributed by atoms with van der Waals surface area (Å²) in [5.41, 5.74) is 0.0558. The predicted octanol–water partition coefficient (Wildman–Crippen LogP) is 1.02. The Hall–Kier alpha value is -0.120. The summed E-state index contributed by atoms with van der Waals surface area (Å²) in [6, 6.07) is 0.622. The van der Waals surface area contributed by atoms with Crippen molar-refractivity contribution >= 4 is 0 Å². The van der Waals surface area contributed by atoms with Crippen LogP contribution in [0.25, 0.3) is 0 Å². The SMILES string of the molecule is OCC1(NC2CCNCC2)CCCCC1. The van der Waals surface area contributed by atoms with E-state index in [2.05, 4.69) is 10.6 Å². The molecule has 2 rings (SSSR count). The molecular weight excluding hydrogens is 188 g/mol. The highest BCUT2D eigenvalue weighted by atomic mass is 16.3. The van der Waals surface area contributed by atoms with E-state index in [0.717, 1.165) is 25.9 Å². The van der Waals surface area contributed by atoms with Gasteiger partial charge in [-0.1, -0.05) is 19.3 Å². The fraction of sp³-hybridized carbons (Fsp3) is 1.00. The molecule has 1 aliphatic carbocycles. The Bertz CT molecular complexity index is 184. The number of rotatable bonds is 3. The van der Waals surface area contributed by atoms with Gasteiger partial charge in [0.05, 0.1) is 6.61 Å². The molecule has 2 aliphatic rings. The maximum atomic E-state index is 9.59. The third kappa shape index (κ3) is 2.92. The Labute approximate surface area is 92.6 Å². The van der Waals surface area contributed by atoms with E-state index in [4.69, 9.17) is 0 Å². The first-order valence-corrected chi connectivity index (χ1v) is 6.44. The van der Waals surface area contributed by atoms with Crippen molar-refractivity contribution in [1.82, 2.24) is 10.6 Å². The van der Waals surface area contributed by atoms with Crippen LogP contribution in [0, 0.1) is 0 Å². The summed E-state index contributed by atoms with van der Waals surface area (Å²) in [6.07, 6.45) is 8.64. The maximum Gasteiger partial charge on any atom is 0.0613 e. The largest absolute Gasteiger partial charge is 0.394 e. The van der Waals surface area contributed by atoms with Crippen molar-refractivity contribution < 1.29 is 5.11 Å². The van der Waals surface area contributed by atoms with Crippen LogP contribution in [-0.4, -0.2) is 36.4 Å². The van der Waals surface area contributed by atoms with Crippen molar-refractivity contribution in [2.75, 3.05) is 19.7 Å². The van der Waals surface area contributed by atoms with Crippen LogP contribution >= 0.6 is 0 Å². The molecule has 3 N–H and O–H groups in total. The van der Waals surface area contributed by atoms with Gasteiger partial charge >= 0.3 is 0 Å². The Morgan fingerprint density at radius 2 is 1.80 bits per heavy atom. The first-order valence-electron chi connectivity index (χ1n) is 6.44. The first kappa shape index (κ1) is 11.4. The van der Waals surface area contributed by atoms with Crippen LogP contribution in [0.1, 0.15) is 44.9 Å². The minimum atomic E-state index is 0.0558. The fourth-order valence-electron chi connectivity index (χ4n) is 2.98. The zero-order chi connectivity index (χ0) is 10.6. The standard InChI is InChI=1S/C12H24N2O/c15-10-12(6-2-1-3-7-12)14-11-4-8-13-9-5-11/h11,13-15H,1-10H2. The van der Waals surface area contributed by atoms with Crippen LogP contribution in [0.2, 0.25) is 0 Å². The average Bonchev–Trinajstić information content (AvgIpc) is 2.32. The number of piperidine rings is 1. The van der Waals surface area contributed by atoms with Crippen LogP contribution in [0.15, 0.2) is 0 Å². The second-order valence-corrected chi connectivity index (χ2v) is 5.17. The smallest absolute Gasteiger partial charge is 0.0613 e. The Morgan fingerprint density at radius 3 is 2.40 bits per heavy atom. The summed E-state index contributed by atoms with van der Waals surface area (Å²) < 4.78 is 0. The van der Waals surface area contributed by atoms with Gasteiger partial charge in [-0.15, -0.1) is 0 Å². The summed E-state index contributed by atoms with van der Waals surface area (Å²) >= 11 is 0. The van der Waals surface area contributed by atoms with Crippen LogP contribution in [0.4, 0.5) is 0 Å². The van der Waals surface area contributed by atoms with Crippen molar-refractivity contribution in [2.24, 2.45) is 0 Å². The lowest BCUT2D eigenvalue weighted by atomic mass is 9.81. The zero-order valence-electron chi connectivity index (χ0n) is 9.60. The molecule has 0 amide bonds. The molecule has 0 bridgehead atoms. The molecule has 0 aromatic heterocycles. The fourth-order valence-corrected chi connectivity index (χ4v) is 2.98. The van der Waals surface area contributed by atoms with Gasteiger partial charge in [-0.05, 0) is 38.8 Å². The molecule has 0 atom stereocenters. The van der Waals surface area contributed by atoms with Crippen molar-refractivity contribution in [3.8, 4) is 0 Å². The van der Waals surface area contributed by atoms with E-state index in [1.54, 1.807) is 0 Å². The maximum absolute atomic E-state index is 9.59. The van der Waals surface area contributed by atoms with Gasteiger partial charge in [-0.2, -0.15) is 0 Å². The molecule has 0 radical (unpaired) electrons. The summed E-state index contributed by atoms with van der Waals surface area (Å²) in [5.74, 6) is 0. The van der Waals surface area contributed by atoms with E-state index in [1.807, 2.05) is 0 Å². The zero-order valence-corrected chi connectivity index (χ0v) is 9.60. The molecule has 15 heavy (non-hydrogen) atoms. The lowest BCUT2D eigenvalue weighted by Gasteiger charge is -2.41. The van der Waals surface area contributed by atoms with Gasteiger partial charge in [0.1, 0.15) is 0 Å². The van der Waals surface area contributed by atoms with E-state index in [9.17, 15) is 5.11 Å². The molecule has 1 heterocycles. The minimum Gasteiger partial charge on any atom is -0.394 e. The van der Waals surface area contributed by atoms with Crippen LogP contribution in [0.5, 0.6) is 0 Å². The van der Waals surface area contributed by atoms with Crippen LogP contribution < -0.4 is 10.6 Å². The molecule has 0 aromatic rings. The second-order valence-electron chi connectivity index (χ2n) is 5.17. The van der Waals surface area contributed by atoms with Crippen LogP contribution in [0.3, 0.4) is 0 Å². The van der Waals surface area contributed by atoms with E-state index in [-0.39, 0.29) is 5.54 Å². The van der Waals surface area contributed by atoms with Crippen LogP contribution in [-0.2, 0) is 0 Å². The van der Waals surface area contributed by atoms with Gasteiger partial charge in [-0.3, -0.25) is 0 Å². The van der Waals surface area contributed by atoms with Gasteiger partial charge in [-0.25, -0.2) is 0 Å². The van der Waals surface area contributed by atoms with Crippen molar-refractivity contribution in [1.29, 1.82) is 0 Å². The third-order valence-electron chi connectivity index (χ3n) is 3.96. The quantitative estimate of drug-likeness (QED) is 0.654. The molecule has 2 fully saturated rings. The molecule has 3 heteroatoms. The Balaban J connectivity index is 1.87. The lowest BCUT2D eigenvalue weighted by Crippen LogP contribution is -2.56. The molecule has 1 saturated carbocycles. The van der Waals surface area contributed by atoms with E-state index in [1.165, 1.54) is 32.1 Å². The average molecular weight is 212 g/mol. The molecule has 0 unspecified atom stereocenters. The number of nitrogens with one attached hydrogen (secondary N) is 2. The Kier molecular flexibility index (Phi) is 4.00. The molecule has 0 aromatic carbocycles. The topological polar surface area (TPSA) is 44.3 Å². The first-order chi connectivity index (χ1) is 7.35. The summed E-state index contributed by atoms with van der Waals surface area (Å²) in [5, 5.41) is 16.7. The van der Waals surface area contributed by atoms with Gasteiger partial charge in [0.2, 0.25) is 0 Å². The van der Waals surface area contributed by atoms with E-state index >= 15 is 0 Å². The molecule has 3 nitrogen and oxygen atoms in total. The van der Waals surface area contributed by atoms with Crippen molar-refractivity contribution in [2.45, 2.75) is 56.5 Å². The third-order valence-corrected chi connectivity index (χ3v) is 3.96. The summed E-state index contributed by atoms with van der Waals surface area (Å²) in [6.45, 7) is 2.56. The molecule has 0 spiro atoms. The molecule has 88 valence electrons. The van der Waals surface area contributed by atoms with Gasteiger partial charge < -0.3 is 15.7 Å². The molecule has 1 saturated heterocycles. The minimum absolute atomic E-state index is 0.0558. The number of aliphatic hydroxyl groups is 1. The normalized spacial score (nSPS) is 27.8. The predicted molar refractivity (Wildman–Crippen MR) is 61.9 cm³/mol. The van der Waals surface area contributed by atoms with Gasteiger partial charge in [0, 0.05) is 11.6 Å². The lowest BCUT2D eigenvalue weighted by molar-refractivity contribution is 0.102. The highest BCUT2D eigenvalue weighted by Gasteiger charge is 2.33. The Morgan fingerprint density at radius 1 is 1.13 bits per heavy atom.